The summed E-state index contributed by atoms with van der Waals surface area (Å²) in [5, 5.41) is 18.8. The molecule has 160 valence electrons. The van der Waals surface area contributed by atoms with Gasteiger partial charge in [0.05, 0.1) is 36.7 Å². The van der Waals surface area contributed by atoms with Crippen LogP contribution < -0.4 is 15.1 Å². The van der Waals surface area contributed by atoms with E-state index in [0.717, 1.165) is 18.4 Å². The third-order valence-electron chi connectivity index (χ3n) is 5.27. The van der Waals surface area contributed by atoms with Crippen LogP contribution in [0.3, 0.4) is 0 Å². The highest BCUT2D eigenvalue weighted by Crippen LogP contribution is 2.30. The van der Waals surface area contributed by atoms with Gasteiger partial charge in [0.15, 0.2) is 5.82 Å². The van der Waals surface area contributed by atoms with Gasteiger partial charge in [0.1, 0.15) is 11.9 Å². The zero-order valence-corrected chi connectivity index (χ0v) is 16.6. The van der Waals surface area contributed by atoms with Crippen LogP contribution in [0.2, 0.25) is 0 Å². The lowest BCUT2D eigenvalue weighted by atomic mass is 10.0. The minimum Gasteiger partial charge on any atom is -0.442 e. The van der Waals surface area contributed by atoms with E-state index in [9.17, 15) is 14.0 Å². The number of ether oxygens (including phenoxy) is 1. The second-order valence-electron chi connectivity index (χ2n) is 7.26. The summed E-state index contributed by atoms with van der Waals surface area (Å²) in [6.07, 6.45) is 3.97. The third kappa shape index (κ3) is 4.48. The lowest BCUT2D eigenvalue weighted by Gasteiger charge is -2.30. The van der Waals surface area contributed by atoms with Gasteiger partial charge in [-0.3, -0.25) is 9.69 Å². The first-order chi connectivity index (χ1) is 15.1. The van der Waals surface area contributed by atoms with Crippen molar-refractivity contribution in [3.8, 4) is 6.07 Å². The monoisotopic (exact) mass is 425 g/mol. The second-order valence-corrected chi connectivity index (χ2v) is 7.26. The lowest BCUT2D eigenvalue weighted by Crippen LogP contribution is -2.31. The molecule has 1 atom stereocenters. The number of amides is 2. The SMILES string of the molecule is N#CC=C1CCN(c2ccc(N3C[C@@H](Cn4cc(NC=O)nn4)OC3=O)cc2F)CC1. The Hall–Kier alpha value is -3.94. The van der Waals surface area contributed by atoms with Gasteiger partial charge in [-0.1, -0.05) is 10.8 Å². The molecule has 31 heavy (non-hydrogen) atoms. The van der Waals surface area contributed by atoms with E-state index in [4.69, 9.17) is 10.00 Å². The van der Waals surface area contributed by atoms with Crippen molar-refractivity contribution in [2.24, 2.45) is 0 Å². The van der Waals surface area contributed by atoms with Crippen LogP contribution >= 0.6 is 0 Å². The van der Waals surface area contributed by atoms with Crippen molar-refractivity contribution < 1.29 is 18.7 Å². The smallest absolute Gasteiger partial charge is 0.414 e. The molecule has 0 radical (unpaired) electrons. The van der Waals surface area contributed by atoms with Crippen molar-refractivity contribution in [3.05, 3.63) is 41.9 Å². The Morgan fingerprint density at radius 1 is 1.35 bits per heavy atom. The largest absolute Gasteiger partial charge is 0.442 e. The molecule has 0 spiro atoms. The van der Waals surface area contributed by atoms with Gasteiger partial charge in [0.25, 0.3) is 0 Å². The van der Waals surface area contributed by atoms with Crippen LogP contribution in [0.25, 0.3) is 0 Å². The van der Waals surface area contributed by atoms with Crippen molar-refractivity contribution in [2.75, 3.05) is 34.8 Å². The van der Waals surface area contributed by atoms with Crippen molar-refractivity contribution in [3.63, 3.8) is 0 Å². The standard InChI is InChI=1S/C20H20FN7O3/c21-17-9-15(1-2-18(17)26-7-4-14(3-6-22)5-8-26)28-11-16(31-20(28)30)10-27-12-19(23-13-29)24-25-27/h1-3,9,12-13,16H,4-5,7-8,10-11H2,(H,23,29)/t16-/m1/s1. The summed E-state index contributed by atoms with van der Waals surface area (Å²) < 4.78 is 21.7. The molecule has 0 aliphatic carbocycles. The summed E-state index contributed by atoms with van der Waals surface area (Å²) >= 11 is 0. The minimum atomic E-state index is -0.562. The number of hydrogen-bond donors (Lipinski definition) is 1. The molecule has 10 nitrogen and oxygen atoms in total. The van der Waals surface area contributed by atoms with Crippen LogP contribution in [-0.4, -0.2) is 53.2 Å². The van der Waals surface area contributed by atoms with E-state index in [1.807, 2.05) is 11.0 Å². The molecule has 0 saturated carbocycles. The minimum absolute atomic E-state index is 0.236. The van der Waals surface area contributed by atoms with Gasteiger partial charge in [0.2, 0.25) is 6.41 Å². The number of benzene rings is 1. The molecule has 1 aromatic carbocycles. The molecular formula is C20H20FN7O3. The number of carbonyl (C=O) groups is 2. The maximum absolute atomic E-state index is 14.8. The molecule has 0 unspecified atom stereocenters. The summed E-state index contributed by atoms with van der Waals surface area (Å²) in [6, 6.07) is 6.74. The Kier molecular flexibility index (Phi) is 5.79. The van der Waals surface area contributed by atoms with E-state index in [-0.39, 0.29) is 13.1 Å². The van der Waals surface area contributed by atoms with E-state index in [0.29, 0.717) is 36.7 Å². The van der Waals surface area contributed by atoms with Crippen molar-refractivity contribution in [1.82, 2.24) is 15.0 Å². The average molecular weight is 425 g/mol. The summed E-state index contributed by atoms with van der Waals surface area (Å²) in [7, 11) is 0. The number of halogens is 1. The molecule has 2 aromatic rings. The fourth-order valence-corrected chi connectivity index (χ4v) is 3.74. The van der Waals surface area contributed by atoms with Crippen LogP contribution in [0.1, 0.15) is 12.8 Å². The number of piperidine rings is 1. The Bertz CT molecular complexity index is 1050. The van der Waals surface area contributed by atoms with E-state index >= 15 is 0 Å². The first-order valence-electron chi connectivity index (χ1n) is 9.78. The van der Waals surface area contributed by atoms with Gasteiger partial charge in [-0.25, -0.2) is 13.9 Å². The van der Waals surface area contributed by atoms with E-state index < -0.39 is 18.0 Å². The number of nitrogens with zero attached hydrogens (tertiary/aromatic N) is 6. The number of rotatable bonds is 6. The number of carbonyl (C=O) groups excluding carboxylic acids is 2. The predicted octanol–water partition coefficient (Wildman–Crippen LogP) is 2.06. The number of anilines is 3. The summed E-state index contributed by atoms with van der Waals surface area (Å²) in [5.74, 6) is -0.121. The van der Waals surface area contributed by atoms with Crippen LogP contribution in [0, 0.1) is 17.1 Å². The number of aromatic nitrogens is 3. The maximum atomic E-state index is 14.8. The predicted molar refractivity (Wildman–Crippen MR) is 109 cm³/mol. The van der Waals surface area contributed by atoms with E-state index in [1.165, 1.54) is 21.8 Å². The van der Waals surface area contributed by atoms with E-state index in [2.05, 4.69) is 15.6 Å². The highest BCUT2D eigenvalue weighted by Gasteiger charge is 2.33. The van der Waals surface area contributed by atoms with Crippen LogP contribution in [0.15, 0.2) is 36.0 Å². The molecule has 0 bridgehead atoms. The fraction of sp³-hybridized carbons (Fsp3) is 0.350. The highest BCUT2D eigenvalue weighted by molar-refractivity contribution is 5.90. The third-order valence-corrected chi connectivity index (χ3v) is 5.27. The molecule has 2 aliphatic heterocycles. The Balaban J connectivity index is 1.41. The van der Waals surface area contributed by atoms with Crippen LogP contribution in [-0.2, 0) is 16.1 Å². The zero-order chi connectivity index (χ0) is 21.8. The summed E-state index contributed by atoms with van der Waals surface area (Å²) in [6.45, 7) is 1.76. The first kappa shape index (κ1) is 20.3. The van der Waals surface area contributed by atoms with Crippen LogP contribution in [0.4, 0.5) is 26.4 Å². The van der Waals surface area contributed by atoms with Gasteiger partial charge < -0.3 is 15.0 Å². The quantitative estimate of drug-likeness (QED) is 0.556. The van der Waals surface area contributed by atoms with Gasteiger partial charge in [-0.05, 0) is 31.0 Å². The van der Waals surface area contributed by atoms with Gasteiger partial charge in [0, 0.05) is 19.2 Å². The van der Waals surface area contributed by atoms with Gasteiger partial charge >= 0.3 is 6.09 Å². The van der Waals surface area contributed by atoms with Crippen molar-refractivity contribution in [1.29, 1.82) is 5.26 Å². The zero-order valence-electron chi connectivity index (χ0n) is 16.6. The highest BCUT2D eigenvalue weighted by atomic mass is 19.1. The van der Waals surface area contributed by atoms with Gasteiger partial charge in [-0.2, -0.15) is 5.26 Å². The second kappa shape index (κ2) is 8.83. The first-order valence-corrected chi connectivity index (χ1v) is 9.78. The number of hydrogen-bond acceptors (Lipinski definition) is 7. The molecule has 1 N–H and O–H groups in total. The Morgan fingerprint density at radius 2 is 2.16 bits per heavy atom. The Morgan fingerprint density at radius 3 is 2.87 bits per heavy atom. The molecule has 2 amide bonds. The Labute approximate surface area is 177 Å². The van der Waals surface area contributed by atoms with E-state index in [1.54, 1.807) is 18.2 Å². The molecule has 2 fully saturated rings. The summed E-state index contributed by atoms with van der Waals surface area (Å²) in [4.78, 5) is 26.1. The van der Waals surface area contributed by atoms with Gasteiger partial charge in [-0.15, -0.1) is 5.10 Å². The number of nitriles is 1. The van der Waals surface area contributed by atoms with Crippen LogP contribution in [0.5, 0.6) is 0 Å². The topological polar surface area (TPSA) is 116 Å². The molecule has 11 heteroatoms. The lowest BCUT2D eigenvalue weighted by molar-refractivity contribution is -0.105. The number of nitrogens with one attached hydrogen (secondary N) is 1. The van der Waals surface area contributed by atoms with Crippen molar-refractivity contribution in [2.45, 2.75) is 25.5 Å². The molecule has 2 saturated heterocycles. The number of allylic oxidation sites excluding steroid dienone is 1. The molecule has 3 heterocycles. The molecular weight excluding hydrogens is 405 g/mol. The fourth-order valence-electron chi connectivity index (χ4n) is 3.74. The summed E-state index contributed by atoms with van der Waals surface area (Å²) in [5.41, 5.74) is 1.96. The normalized spacial score (nSPS) is 18.5. The average Bonchev–Trinajstić information content (AvgIpc) is 3.35. The molecule has 2 aliphatic rings. The van der Waals surface area contributed by atoms with Crippen molar-refractivity contribution >= 4 is 29.7 Å². The molecule has 1 aromatic heterocycles. The molecule has 4 rings (SSSR count). The maximum Gasteiger partial charge on any atom is 0.414 e. The number of cyclic esters (lactones) is 1.